The highest BCUT2D eigenvalue weighted by molar-refractivity contribution is 6.30. The van der Waals surface area contributed by atoms with Crippen LogP contribution in [0.4, 0.5) is 0 Å². The van der Waals surface area contributed by atoms with E-state index in [1.54, 1.807) is 12.1 Å². The van der Waals surface area contributed by atoms with Crippen LogP contribution in [-0.2, 0) is 0 Å². The van der Waals surface area contributed by atoms with E-state index in [1.165, 1.54) is 0 Å². The van der Waals surface area contributed by atoms with Crippen LogP contribution >= 0.6 is 11.6 Å². The van der Waals surface area contributed by atoms with E-state index in [0.29, 0.717) is 11.4 Å². The zero-order chi connectivity index (χ0) is 12.8. The lowest BCUT2D eigenvalue weighted by Gasteiger charge is -2.05. The quantitative estimate of drug-likeness (QED) is 0.810. The molecule has 0 saturated carbocycles. The minimum atomic E-state index is -0.536. The Balaban J connectivity index is 1.98. The van der Waals surface area contributed by atoms with Crippen LogP contribution in [0.1, 0.15) is 23.7 Å². The highest BCUT2D eigenvalue weighted by atomic mass is 35.5. The van der Waals surface area contributed by atoms with Crippen LogP contribution in [0.2, 0.25) is 5.02 Å². The number of aliphatic hydroxyl groups excluding tert-OH is 1. The minimum Gasteiger partial charge on any atom is -0.387 e. The molecular formula is C16H13ClO. The smallest absolute Gasteiger partial charge is 0.0899 e. The van der Waals surface area contributed by atoms with Gasteiger partial charge in [0, 0.05) is 17.0 Å². The molecule has 1 unspecified atom stereocenters. The summed E-state index contributed by atoms with van der Waals surface area (Å²) in [6.07, 6.45) is -0.113. The molecule has 0 saturated heterocycles. The summed E-state index contributed by atoms with van der Waals surface area (Å²) in [6.45, 7) is 0. The molecule has 2 aromatic carbocycles. The SMILES string of the molecule is OC(CC#Cc1ccc(Cl)cc1)c1ccccc1. The molecule has 0 fully saturated rings. The third-order valence-electron chi connectivity index (χ3n) is 2.56. The van der Waals surface area contributed by atoms with Gasteiger partial charge in [-0.2, -0.15) is 0 Å². The van der Waals surface area contributed by atoms with Crippen molar-refractivity contribution in [1.82, 2.24) is 0 Å². The maximum atomic E-state index is 9.92. The monoisotopic (exact) mass is 256 g/mol. The first-order valence-corrected chi connectivity index (χ1v) is 6.11. The maximum absolute atomic E-state index is 9.92. The van der Waals surface area contributed by atoms with Crippen molar-refractivity contribution in [3.63, 3.8) is 0 Å². The molecule has 0 aromatic heterocycles. The van der Waals surface area contributed by atoms with Crippen LogP contribution in [0, 0.1) is 11.8 Å². The predicted octanol–water partition coefficient (Wildman–Crippen LogP) is 3.82. The average molecular weight is 257 g/mol. The van der Waals surface area contributed by atoms with E-state index in [1.807, 2.05) is 42.5 Å². The Morgan fingerprint density at radius 2 is 1.67 bits per heavy atom. The fraction of sp³-hybridized carbons (Fsp3) is 0.125. The highest BCUT2D eigenvalue weighted by Gasteiger charge is 2.03. The second-order valence-electron chi connectivity index (χ2n) is 3.94. The number of hydrogen-bond donors (Lipinski definition) is 1. The number of halogens is 1. The van der Waals surface area contributed by atoms with Crippen molar-refractivity contribution in [2.45, 2.75) is 12.5 Å². The Morgan fingerprint density at radius 3 is 2.33 bits per heavy atom. The lowest BCUT2D eigenvalue weighted by Crippen LogP contribution is -1.94. The summed E-state index contributed by atoms with van der Waals surface area (Å²) in [4.78, 5) is 0. The van der Waals surface area contributed by atoms with Gasteiger partial charge in [-0.25, -0.2) is 0 Å². The molecule has 0 amide bonds. The Kier molecular flexibility index (Phi) is 4.41. The molecule has 2 heteroatoms. The van der Waals surface area contributed by atoms with Gasteiger partial charge in [-0.15, -0.1) is 0 Å². The molecule has 90 valence electrons. The number of benzene rings is 2. The van der Waals surface area contributed by atoms with Gasteiger partial charge >= 0.3 is 0 Å². The van der Waals surface area contributed by atoms with Gasteiger partial charge in [-0.3, -0.25) is 0 Å². The van der Waals surface area contributed by atoms with Crippen LogP contribution in [0.3, 0.4) is 0 Å². The predicted molar refractivity (Wildman–Crippen MR) is 74.3 cm³/mol. The van der Waals surface area contributed by atoms with E-state index in [2.05, 4.69) is 11.8 Å². The molecule has 0 radical (unpaired) electrons. The largest absolute Gasteiger partial charge is 0.387 e. The van der Waals surface area contributed by atoms with Gasteiger partial charge in [0.05, 0.1) is 6.10 Å². The number of rotatable bonds is 2. The van der Waals surface area contributed by atoms with Crippen LogP contribution in [0.15, 0.2) is 54.6 Å². The molecule has 0 bridgehead atoms. The molecule has 18 heavy (non-hydrogen) atoms. The van der Waals surface area contributed by atoms with Gasteiger partial charge in [0.15, 0.2) is 0 Å². The van der Waals surface area contributed by atoms with E-state index < -0.39 is 6.10 Å². The zero-order valence-electron chi connectivity index (χ0n) is 9.81. The molecule has 1 nitrogen and oxygen atoms in total. The van der Waals surface area contributed by atoms with Crippen molar-refractivity contribution in [3.05, 3.63) is 70.7 Å². The van der Waals surface area contributed by atoms with Crippen LogP contribution < -0.4 is 0 Å². The van der Waals surface area contributed by atoms with E-state index in [-0.39, 0.29) is 0 Å². The number of hydrogen-bond acceptors (Lipinski definition) is 1. The lowest BCUT2D eigenvalue weighted by atomic mass is 10.1. The average Bonchev–Trinajstić information content (AvgIpc) is 2.42. The Hall–Kier alpha value is -1.75. The summed E-state index contributed by atoms with van der Waals surface area (Å²) < 4.78 is 0. The van der Waals surface area contributed by atoms with E-state index in [9.17, 15) is 5.11 Å². The topological polar surface area (TPSA) is 20.2 Å². The molecule has 2 aromatic rings. The third-order valence-corrected chi connectivity index (χ3v) is 2.81. The van der Waals surface area contributed by atoms with Crippen molar-refractivity contribution in [2.24, 2.45) is 0 Å². The maximum Gasteiger partial charge on any atom is 0.0899 e. The summed E-state index contributed by atoms with van der Waals surface area (Å²) >= 11 is 5.79. The summed E-state index contributed by atoms with van der Waals surface area (Å²) in [6, 6.07) is 16.9. The molecule has 0 spiro atoms. The number of aliphatic hydroxyl groups is 1. The first-order chi connectivity index (χ1) is 8.75. The van der Waals surface area contributed by atoms with Gasteiger partial charge in [0.1, 0.15) is 0 Å². The van der Waals surface area contributed by atoms with Gasteiger partial charge in [-0.05, 0) is 29.8 Å². The molecule has 2 rings (SSSR count). The van der Waals surface area contributed by atoms with Crippen LogP contribution in [-0.4, -0.2) is 5.11 Å². The minimum absolute atomic E-state index is 0.423. The lowest BCUT2D eigenvalue weighted by molar-refractivity contribution is 0.184. The van der Waals surface area contributed by atoms with Gasteiger partial charge in [0.2, 0.25) is 0 Å². The molecule has 1 N–H and O–H groups in total. The Morgan fingerprint density at radius 1 is 1.00 bits per heavy atom. The first kappa shape index (κ1) is 12.7. The Bertz CT molecular complexity index is 549. The van der Waals surface area contributed by atoms with Crippen molar-refractivity contribution >= 4 is 11.6 Å². The first-order valence-electron chi connectivity index (χ1n) is 5.73. The van der Waals surface area contributed by atoms with Crippen molar-refractivity contribution in [3.8, 4) is 11.8 Å². The molecular weight excluding hydrogens is 244 g/mol. The standard InChI is InChI=1S/C16H13ClO/c17-15-11-9-13(10-12-15)5-4-8-16(18)14-6-2-1-3-7-14/h1-3,6-7,9-12,16,18H,8H2. The molecule has 0 aliphatic rings. The Labute approximate surface area is 112 Å². The molecule has 0 aliphatic heterocycles. The fourth-order valence-corrected chi connectivity index (χ4v) is 1.70. The normalized spacial score (nSPS) is 11.4. The van der Waals surface area contributed by atoms with Crippen LogP contribution in [0.25, 0.3) is 0 Å². The zero-order valence-corrected chi connectivity index (χ0v) is 10.6. The second kappa shape index (κ2) is 6.26. The fourth-order valence-electron chi connectivity index (χ4n) is 1.58. The molecule has 0 heterocycles. The van der Waals surface area contributed by atoms with E-state index in [0.717, 1.165) is 11.1 Å². The van der Waals surface area contributed by atoms with E-state index in [4.69, 9.17) is 11.6 Å². The molecule has 0 aliphatic carbocycles. The summed E-state index contributed by atoms with van der Waals surface area (Å²) in [7, 11) is 0. The summed E-state index contributed by atoms with van der Waals surface area (Å²) in [5.74, 6) is 5.98. The van der Waals surface area contributed by atoms with Gasteiger partial charge < -0.3 is 5.11 Å². The summed E-state index contributed by atoms with van der Waals surface area (Å²) in [5, 5.41) is 10.6. The van der Waals surface area contributed by atoms with Crippen molar-refractivity contribution in [1.29, 1.82) is 0 Å². The van der Waals surface area contributed by atoms with Crippen molar-refractivity contribution < 1.29 is 5.11 Å². The third kappa shape index (κ3) is 3.63. The van der Waals surface area contributed by atoms with E-state index >= 15 is 0 Å². The van der Waals surface area contributed by atoms with Crippen LogP contribution in [0.5, 0.6) is 0 Å². The van der Waals surface area contributed by atoms with Gasteiger partial charge in [-0.1, -0.05) is 53.8 Å². The van der Waals surface area contributed by atoms with Crippen molar-refractivity contribution in [2.75, 3.05) is 0 Å². The van der Waals surface area contributed by atoms with Gasteiger partial charge in [0.25, 0.3) is 0 Å². The second-order valence-corrected chi connectivity index (χ2v) is 4.38. The molecule has 1 atom stereocenters. The summed E-state index contributed by atoms with van der Waals surface area (Å²) in [5.41, 5.74) is 1.79. The highest BCUT2D eigenvalue weighted by Crippen LogP contribution is 2.15.